The molecule has 0 bridgehead atoms. The highest BCUT2D eigenvalue weighted by Gasteiger charge is 2.39. The molecule has 3 aromatic rings. The zero-order valence-corrected chi connectivity index (χ0v) is 22.7. The Bertz CT molecular complexity index is 1380. The van der Waals surface area contributed by atoms with E-state index in [0.29, 0.717) is 45.3 Å². The van der Waals surface area contributed by atoms with Crippen LogP contribution in [0.5, 0.6) is 0 Å². The van der Waals surface area contributed by atoms with E-state index >= 15 is 0 Å². The van der Waals surface area contributed by atoms with E-state index in [1.54, 1.807) is 20.7 Å². The topological polar surface area (TPSA) is 70.9 Å². The average Bonchev–Trinajstić information content (AvgIpc) is 3.59. The average molecular weight is 542 g/mol. The fraction of sp³-hybridized carbons (Fsp3) is 0.536. The molecule has 38 heavy (non-hydrogen) atoms. The van der Waals surface area contributed by atoms with Gasteiger partial charge in [-0.1, -0.05) is 12.8 Å². The zero-order chi connectivity index (χ0) is 26.3. The molecule has 1 unspecified atom stereocenters. The summed E-state index contributed by atoms with van der Waals surface area (Å²) in [5.41, 5.74) is 4.01. The van der Waals surface area contributed by atoms with Crippen molar-refractivity contribution >= 4 is 21.1 Å². The molecule has 1 atom stereocenters. The van der Waals surface area contributed by atoms with Crippen LogP contribution in [-0.4, -0.2) is 84.2 Å². The van der Waals surface area contributed by atoms with Crippen LogP contribution in [0.25, 0.3) is 16.6 Å². The molecule has 2 saturated heterocycles. The highest BCUT2D eigenvalue weighted by Crippen LogP contribution is 2.35. The van der Waals surface area contributed by atoms with Crippen molar-refractivity contribution in [2.24, 2.45) is 5.92 Å². The van der Waals surface area contributed by atoms with Crippen LogP contribution in [0.1, 0.15) is 42.9 Å². The zero-order valence-electron chi connectivity index (χ0n) is 21.9. The van der Waals surface area contributed by atoms with Gasteiger partial charge in [0.2, 0.25) is 0 Å². The second kappa shape index (κ2) is 10.7. The van der Waals surface area contributed by atoms with Crippen molar-refractivity contribution in [3.63, 3.8) is 0 Å². The highest BCUT2D eigenvalue weighted by molar-refractivity contribution is 7.86. The predicted octanol–water partition coefficient (Wildman–Crippen LogP) is 3.90. The molecule has 204 valence electrons. The lowest BCUT2D eigenvalue weighted by atomic mass is 9.95. The fourth-order valence-corrected chi connectivity index (χ4v) is 7.91. The quantitative estimate of drug-likeness (QED) is 0.474. The minimum Gasteiger partial charge on any atom is -0.379 e. The molecule has 10 heteroatoms. The SMILES string of the molecule is Cc1cc2c(cnn2-c2ccc(F)cc2)cc1C1CN(S(=O)(=O)N2CCOCC2)CCN1CC1CCCC1. The lowest BCUT2D eigenvalue weighted by molar-refractivity contribution is 0.0631. The number of fused-ring (bicyclic) bond motifs is 1. The number of morpholine rings is 1. The van der Waals surface area contributed by atoms with Crippen molar-refractivity contribution in [2.75, 3.05) is 52.5 Å². The fourth-order valence-electron chi connectivity index (χ4n) is 6.33. The molecule has 0 N–H and O–H groups in total. The number of rotatable bonds is 6. The van der Waals surface area contributed by atoms with Gasteiger partial charge in [-0.05, 0) is 73.2 Å². The van der Waals surface area contributed by atoms with Crippen molar-refractivity contribution < 1.29 is 17.5 Å². The van der Waals surface area contributed by atoms with Crippen molar-refractivity contribution in [1.29, 1.82) is 0 Å². The maximum atomic E-state index is 13.6. The monoisotopic (exact) mass is 541 g/mol. The summed E-state index contributed by atoms with van der Waals surface area (Å²) in [6.07, 6.45) is 6.92. The Morgan fingerprint density at radius 1 is 1.00 bits per heavy atom. The van der Waals surface area contributed by atoms with Gasteiger partial charge >= 0.3 is 0 Å². The number of aromatic nitrogens is 2. The van der Waals surface area contributed by atoms with E-state index in [2.05, 4.69) is 29.1 Å². The molecule has 0 spiro atoms. The van der Waals surface area contributed by atoms with Gasteiger partial charge in [-0.3, -0.25) is 4.90 Å². The normalized spacial score (nSPS) is 22.9. The van der Waals surface area contributed by atoms with Gasteiger partial charge in [-0.15, -0.1) is 0 Å². The maximum absolute atomic E-state index is 13.6. The first-order valence-corrected chi connectivity index (χ1v) is 15.1. The van der Waals surface area contributed by atoms with E-state index in [0.717, 1.165) is 40.8 Å². The summed E-state index contributed by atoms with van der Waals surface area (Å²) in [6, 6.07) is 10.6. The largest absolute Gasteiger partial charge is 0.379 e. The van der Waals surface area contributed by atoms with E-state index in [1.807, 2.05) is 10.9 Å². The Morgan fingerprint density at radius 3 is 2.47 bits per heavy atom. The van der Waals surface area contributed by atoms with Crippen LogP contribution in [0, 0.1) is 18.7 Å². The summed E-state index contributed by atoms with van der Waals surface area (Å²) in [5.74, 6) is 0.394. The Labute approximate surface area is 224 Å². The van der Waals surface area contributed by atoms with Crippen LogP contribution in [0.3, 0.4) is 0 Å². The first-order valence-electron chi connectivity index (χ1n) is 13.7. The summed E-state index contributed by atoms with van der Waals surface area (Å²) >= 11 is 0. The molecule has 1 aromatic heterocycles. The number of hydrogen-bond donors (Lipinski definition) is 0. The molecule has 0 amide bonds. The molecule has 2 aromatic carbocycles. The van der Waals surface area contributed by atoms with E-state index < -0.39 is 10.2 Å². The molecule has 3 fully saturated rings. The Balaban J connectivity index is 1.34. The standard InChI is InChI=1S/C28H36FN5O3S/c1-21-16-27-23(18-30-34(27)25-8-6-24(29)7-9-25)17-26(21)28-20-33(38(35,36)32-12-14-37-15-13-32)11-10-31(28)19-22-4-2-3-5-22/h6-9,16-18,22,28H,2-5,10-15,19-20H2,1H3. The van der Waals surface area contributed by atoms with Crippen LogP contribution in [0.4, 0.5) is 4.39 Å². The summed E-state index contributed by atoms with van der Waals surface area (Å²) in [7, 11) is -3.55. The number of piperazine rings is 1. The molecule has 2 aliphatic heterocycles. The summed E-state index contributed by atoms with van der Waals surface area (Å²) in [4.78, 5) is 2.51. The van der Waals surface area contributed by atoms with Crippen LogP contribution in [-0.2, 0) is 14.9 Å². The van der Waals surface area contributed by atoms with Gasteiger partial charge in [0.05, 0.1) is 30.6 Å². The van der Waals surface area contributed by atoms with E-state index in [4.69, 9.17) is 4.74 Å². The first-order chi connectivity index (χ1) is 18.4. The van der Waals surface area contributed by atoms with Gasteiger partial charge < -0.3 is 4.74 Å². The van der Waals surface area contributed by atoms with Crippen LogP contribution >= 0.6 is 0 Å². The van der Waals surface area contributed by atoms with Crippen molar-refractivity contribution in [3.8, 4) is 5.69 Å². The number of hydrogen-bond acceptors (Lipinski definition) is 5. The third-order valence-electron chi connectivity index (χ3n) is 8.43. The van der Waals surface area contributed by atoms with Crippen LogP contribution in [0.15, 0.2) is 42.6 Å². The van der Waals surface area contributed by atoms with E-state index in [1.165, 1.54) is 37.8 Å². The number of halogens is 1. The Hall–Kier alpha value is -2.37. The van der Waals surface area contributed by atoms with Gasteiger partial charge in [0.25, 0.3) is 10.2 Å². The second-order valence-corrected chi connectivity index (χ2v) is 12.8. The third-order valence-corrected chi connectivity index (χ3v) is 10.4. The lowest BCUT2D eigenvalue weighted by Crippen LogP contribution is -2.56. The Morgan fingerprint density at radius 2 is 1.74 bits per heavy atom. The van der Waals surface area contributed by atoms with Crippen molar-refractivity contribution in [3.05, 3.63) is 59.5 Å². The smallest absolute Gasteiger partial charge is 0.282 e. The summed E-state index contributed by atoms with van der Waals surface area (Å²) in [6.45, 7) is 6.46. The summed E-state index contributed by atoms with van der Waals surface area (Å²) in [5, 5.41) is 5.59. The molecule has 1 saturated carbocycles. The molecular weight excluding hydrogens is 505 g/mol. The number of benzene rings is 2. The molecule has 8 nitrogen and oxygen atoms in total. The predicted molar refractivity (Wildman–Crippen MR) is 145 cm³/mol. The van der Waals surface area contributed by atoms with Crippen molar-refractivity contribution in [1.82, 2.24) is 23.3 Å². The molecule has 0 radical (unpaired) electrons. The molecular formula is C28H36FN5O3S. The molecule has 6 rings (SSSR count). The van der Waals surface area contributed by atoms with Crippen molar-refractivity contribution in [2.45, 2.75) is 38.6 Å². The lowest BCUT2D eigenvalue weighted by Gasteiger charge is -2.44. The molecule has 3 heterocycles. The molecule has 3 aliphatic rings. The third kappa shape index (κ3) is 5.00. The van der Waals surface area contributed by atoms with E-state index in [9.17, 15) is 12.8 Å². The highest BCUT2D eigenvalue weighted by atomic mass is 32.2. The van der Waals surface area contributed by atoms with Gasteiger partial charge in [0.15, 0.2) is 0 Å². The molecule has 1 aliphatic carbocycles. The Kier molecular flexibility index (Phi) is 7.26. The number of nitrogens with zero attached hydrogens (tertiary/aromatic N) is 5. The number of ether oxygens (including phenoxy) is 1. The van der Waals surface area contributed by atoms with Gasteiger partial charge in [0, 0.05) is 50.7 Å². The van der Waals surface area contributed by atoms with E-state index in [-0.39, 0.29) is 11.9 Å². The van der Waals surface area contributed by atoms with Gasteiger partial charge in [0.1, 0.15) is 5.82 Å². The minimum atomic E-state index is -3.55. The summed E-state index contributed by atoms with van der Waals surface area (Å²) < 4.78 is 51.2. The maximum Gasteiger partial charge on any atom is 0.282 e. The first kappa shape index (κ1) is 25.9. The second-order valence-electron chi connectivity index (χ2n) is 10.8. The van der Waals surface area contributed by atoms with Crippen LogP contribution in [0.2, 0.25) is 0 Å². The van der Waals surface area contributed by atoms with Gasteiger partial charge in [-0.2, -0.15) is 22.1 Å². The number of aryl methyl sites for hydroxylation is 1. The van der Waals surface area contributed by atoms with Gasteiger partial charge in [-0.25, -0.2) is 9.07 Å². The minimum absolute atomic E-state index is 0.0289. The van der Waals surface area contributed by atoms with Crippen LogP contribution < -0.4 is 0 Å².